The normalized spacial score (nSPS) is 17.8. The molecule has 1 aliphatic heterocycles. The topological polar surface area (TPSA) is 32.6 Å². The average molecular weight is 269 g/mol. The van der Waals surface area contributed by atoms with Crippen molar-refractivity contribution in [1.29, 1.82) is 0 Å². The summed E-state index contributed by atoms with van der Waals surface area (Å²) in [5.74, 6) is 0.309. The van der Waals surface area contributed by atoms with Gasteiger partial charge in [-0.15, -0.1) is 11.8 Å². The van der Waals surface area contributed by atoms with Crippen molar-refractivity contribution in [3.8, 4) is 5.75 Å². The van der Waals surface area contributed by atoms with Crippen molar-refractivity contribution < 1.29 is 5.11 Å². The molecule has 1 atom stereocenters. The van der Waals surface area contributed by atoms with Gasteiger partial charge in [-0.25, -0.2) is 0 Å². The summed E-state index contributed by atoms with van der Waals surface area (Å²) < 4.78 is 0. The smallest absolute Gasteiger partial charge is 0.116 e. The lowest BCUT2D eigenvalue weighted by Gasteiger charge is -2.14. The highest BCUT2D eigenvalue weighted by Gasteiger charge is 2.17. The maximum Gasteiger partial charge on any atom is 0.116 e. The molecule has 0 spiro atoms. The summed E-state index contributed by atoms with van der Waals surface area (Å²) in [7, 11) is 0. The summed E-state index contributed by atoms with van der Waals surface area (Å²) in [5, 5.41) is 9.92. The van der Waals surface area contributed by atoms with Crippen LogP contribution < -0.4 is 0 Å². The van der Waals surface area contributed by atoms with Gasteiger partial charge in [-0.3, -0.25) is 4.99 Å². The zero-order chi connectivity index (χ0) is 13.2. The molecule has 2 aromatic carbocycles. The predicted molar refractivity (Wildman–Crippen MR) is 80.3 cm³/mol. The van der Waals surface area contributed by atoms with E-state index >= 15 is 0 Å². The Labute approximate surface area is 117 Å². The lowest BCUT2D eigenvalue weighted by Crippen LogP contribution is -1.97. The maximum atomic E-state index is 9.62. The van der Waals surface area contributed by atoms with Crippen LogP contribution in [0.1, 0.15) is 21.9 Å². The molecule has 3 heteroatoms. The number of hydrogen-bond acceptors (Lipinski definition) is 3. The van der Waals surface area contributed by atoms with Crippen LogP contribution in [-0.2, 0) is 0 Å². The SMILES string of the molecule is Cc1ccc(C2CN=Cc3ccc(O)cc3S2)cc1. The third-order valence-electron chi connectivity index (χ3n) is 3.22. The molecule has 2 nitrogen and oxygen atoms in total. The van der Waals surface area contributed by atoms with E-state index in [1.165, 1.54) is 11.1 Å². The minimum atomic E-state index is 0.305. The fourth-order valence-electron chi connectivity index (χ4n) is 2.12. The van der Waals surface area contributed by atoms with Crippen LogP contribution in [0.3, 0.4) is 0 Å². The van der Waals surface area contributed by atoms with Crippen LogP contribution in [0.25, 0.3) is 0 Å². The highest BCUT2D eigenvalue weighted by atomic mass is 32.2. The molecule has 0 saturated heterocycles. The number of fused-ring (bicyclic) bond motifs is 1. The molecule has 3 rings (SSSR count). The second kappa shape index (κ2) is 5.10. The number of aliphatic imine (C=N–C) groups is 1. The van der Waals surface area contributed by atoms with Crippen molar-refractivity contribution >= 4 is 18.0 Å². The molecule has 0 amide bonds. The molecule has 0 aromatic heterocycles. The zero-order valence-electron chi connectivity index (χ0n) is 10.7. The number of aromatic hydroxyl groups is 1. The standard InChI is InChI=1S/C16H15NOS/c1-11-2-4-12(5-3-11)16-10-17-9-13-6-7-14(18)8-15(13)19-16/h2-9,16,18H,10H2,1H3. The number of phenolic OH excluding ortho intramolecular Hbond substituents is 1. The van der Waals surface area contributed by atoms with Gasteiger partial charge in [0.1, 0.15) is 5.75 Å². The van der Waals surface area contributed by atoms with E-state index in [0.29, 0.717) is 11.0 Å². The van der Waals surface area contributed by atoms with Crippen molar-refractivity contribution in [3.05, 3.63) is 59.2 Å². The van der Waals surface area contributed by atoms with E-state index in [9.17, 15) is 5.11 Å². The minimum Gasteiger partial charge on any atom is -0.508 e. The van der Waals surface area contributed by atoms with Gasteiger partial charge in [0.05, 0.1) is 11.8 Å². The summed E-state index contributed by atoms with van der Waals surface area (Å²) in [4.78, 5) is 5.58. The Bertz CT molecular complexity index is 619. The summed E-state index contributed by atoms with van der Waals surface area (Å²) in [6.45, 7) is 2.86. The number of hydrogen-bond donors (Lipinski definition) is 1. The van der Waals surface area contributed by atoms with E-state index in [4.69, 9.17) is 0 Å². The lowest BCUT2D eigenvalue weighted by molar-refractivity contribution is 0.474. The molecule has 1 N–H and O–H groups in total. The highest BCUT2D eigenvalue weighted by Crippen LogP contribution is 2.39. The van der Waals surface area contributed by atoms with Gasteiger partial charge >= 0.3 is 0 Å². The summed E-state index contributed by atoms with van der Waals surface area (Å²) in [6, 6.07) is 14.0. The van der Waals surface area contributed by atoms with Gasteiger partial charge in [-0.1, -0.05) is 29.8 Å². The molecule has 1 aliphatic rings. The molecule has 0 aliphatic carbocycles. The van der Waals surface area contributed by atoms with E-state index in [1.807, 2.05) is 18.3 Å². The molecule has 2 aromatic rings. The summed E-state index contributed by atoms with van der Waals surface area (Å²) in [5.41, 5.74) is 3.63. The maximum absolute atomic E-state index is 9.62. The first-order valence-electron chi connectivity index (χ1n) is 6.28. The lowest BCUT2D eigenvalue weighted by atomic mass is 10.1. The van der Waals surface area contributed by atoms with Gasteiger partial charge in [-0.05, 0) is 30.7 Å². The number of phenols is 1. The summed E-state index contributed by atoms with van der Waals surface area (Å²) in [6.07, 6.45) is 1.90. The summed E-state index contributed by atoms with van der Waals surface area (Å²) >= 11 is 1.77. The van der Waals surface area contributed by atoms with Crippen LogP contribution in [0.15, 0.2) is 52.4 Å². The third kappa shape index (κ3) is 2.66. The Morgan fingerprint density at radius 3 is 2.74 bits per heavy atom. The quantitative estimate of drug-likeness (QED) is 0.849. The molecule has 0 fully saturated rings. The second-order valence-corrected chi connectivity index (χ2v) is 5.98. The number of thioether (sulfide) groups is 1. The molecular formula is C16H15NOS. The molecule has 1 heterocycles. The van der Waals surface area contributed by atoms with Crippen LogP contribution in [0.4, 0.5) is 0 Å². The molecular weight excluding hydrogens is 254 g/mol. The number of rotatable bonds is 1. The van der Waals surface area contributed by atoms with Crippen molar-refractivity contribution in [2.24, 2.45) is 4.99 Å². The van der Waals surface area contributed by atoms with Gasteiger partial charge in [0.15, 0.2) is 0 Å². The van der Waals surface area contributed by atoms with Crippen molar-refractivity contribution in [2.45, 2.75) is 17.1 Å². The average Bonchev–Trinajstić information content (AvgIpc) is 2.61. The fraction of sp³-hybridized carbons (Fsp3) is 0.188. The molecule has 19 heavy (non-hydrogen) atoms. The first-order chi connectivity index (χ1) is 9.22. The van der Waals surface area contributed by atoms with Crippen LogP contribution in [0.5, 0.6) is 5.75 Å². The van der Waals surface area contributed by atoms with E-state index in [0.717, 1.165) is 17.0 Å². The fourth-order valence-corrected chi connectivity index (χ4v) is 3.33. The molecule has 0 radical (unpaired) electrons. The Morgan fingerprint density at radius 1 is 1.16 bits per heavy atom. The van der Waals surface area contributed by atoms with Crippen LogP contribution in [-0.4, -0.2) is 17.9 Å². The van der Waals surface area contributed by atoms with Crippen molar-refractivity contribution in [3.63, 3.8) is 0 Å². The Kier molecular flexibility index (Phi) is 3.30. The number of nitrogens with zero attached hydrogens (tertiary/aromatic N) is 1. The van der Waals surface area contributed by atoms with Crippen LogP contribution >= 0.6 is 11.8 Å². The van der Waals surface area contributed by atoms with Crippen LogP contribution in [0.2, 0.25) is 0 Å². The van der Waals surface area contributed by atoms with Gasteiger partial charge < -0.3 is 5.11 Å². The third-order valence-corrected chi connectivity index (χ3v) is 4.53. The minimum absolute atomic E-state index is 0.305. The first kappa shape index (κ1) is 12.3. The van der Waals surface area contributed by atoms with Crippen molar-refractivity contribution in [1.82, 2.24) is 0 Å². The number of aryl methyl sites for hydroxylation is 1. The molecule has 96 valence electrons. The predicted octanol–water partition coefficient (Wildman–Crippen LogP) is 3.97. The van der Waals surface area contributed by atoms with Crippen LogP contribution in [0, 0.1) is 6.92 Å². The molecule has 0 saturated carbocycles. The van der Waals surface area contributed by atoms with Gasteiger partial charge in [0.2, 0.25) is 0 Å². The van der Waals surface area contributed by atoms with E-state index < -0.39 is 0 Å². The largest absolute Gasteiger partial charge is 0.508 e. The van der Waals surface area contributed by atoms with Gasteiger partial charge in [-0.2, -0.15) is 0 Å². The first-order valence-corrected chi connectivity index (χ1v) is 7.16. The molecule has 1 unspecified atom stereocenters. The monoisotopic (exact) mass is 269 g/mol. The molecule has 0 bridgehead atoms. The van der Waals surface area contributed by atoms with Crippen molar-refractivity contribution in [2.75, 3.05) is 6.54 Å². The van der Waals surface area contributed by atoms with Gasteiger partial charge in [0, 0.05) is 16.7 Å². The number of benzene rings is 2. The Morgan fingerprint density at radius 2 is 1.95 bits per heavy atom. The Balaban J connectivity index is 1.94. The van der Waals surface area contributed by atoms with E-state index in [-0.39, 0.29) is 0 Å². The zero-order valence-corrected chi connectivity index (χ0v) is 11.5. The van der Waals surface area contributed by atoms with E-state index in [1.54, 1.807) is 17.8 Å². The van der Waals surface area contributed by atoms with Gasteiger partial charge in [0.25, 0.3) is 0 Å². The van der Waals surface area contributed by atoms with E-state index in [2.05, 4.69) is 36.2 Å². The highest BCUT2D eigenvalue weighted by molar-refractivity contribution is 7.99. The Hall–Kier alpha value is -1.74. The second-order valence-electron chi connectivity index (χ2n) is 4.73.